The van der Waals surface area contributed by atoms with Gasteiger partial charge in [0.25, 0.3) is 5.91 Å². The third kappa shape index (κ3) is 3.79. The van der Waals surface area contributed by atoms with Crippen LogP contribution in [0, 0.1) is 0 Å². The molecule has 1 aromatic rings. The van der Waals surface area contributed by atoms with Gasteiger partial charge in [-0.2, -0.15) is 0 Å². The second-order valence-electron chi connectivity index (χ2n) is 6.29. The zero-order valence-corrected chi connectivity index (χ0v) is 13.2. The molecule has 7 heteroatoms. The molecular formula is C15H23N3O4. The summed E-state index contributed by atoms with van der Waals surface area (Å²) in [7, 11) is 0. The molecule has 1 saturated heterocycles. The molecule has 122 valence electrons. The lowest BCUT2D eigenvalue weighted by atomic mass is 10.1. The van der Waals surface area contributed by atoms with Gasteiger partial charge in [0.05, 0.1) is 12.3 Å². The minimum atomic E-state index is -0.545. The van der Waals surface area contributed by atoms with Crippen molar-refractivity contribution in [2.75, 3.05) is 26.2 Å². The molecule has 0 saturated carbocycles. The van der Waals surface area contributed by atoms with Gasteiger partial charge in [0.15, 0.2) is 5.76 Å². The summed E-state index contributed by atoms with van der Waals surface area (Å²) in [5, 5.41) is 0. The molecule has 2 rings (SSSR count). The van der Waals surface area contributed by atoms with Crippen LogP contribution in [-0.2, 0) is 4.74 Å². The Bertz CT molecular complexity index is 521. The molecule has 1 atom stereocenters. The molecule has 1 aliphatic rings. The van der Waals surface area contributed by atoms with Crippen LogP contribution in [0.2, 0.25) is 0 Å². The Morgan fingerprint density at radius 2 is 2.14 bits per heavy atom. The SMILES string of the molecule is CC(C)(C)OC(=O)N1CCN(C(=O)c2ccco2)C(CN)C1. The van der Waals surface area contributed by atoms with Gasteiger partial charge in [-0.25, -0.2) is 4.79 Å². The maximum Gasteiger partial charge on any atom is 0.410 e. The summed E-state index contributed by atoms with van der Waals surface area (Å²) in [6.07, 6.45) is 1.08. The Balaban J connectivity index is 2.02. The summed E-state index contributed by atoms with van der Waals surface area (Å²) in [5.41, 5.74) is 5.23. The van der Waals surface area contributed by atoms with Crippen LogP contribution in [-0.4, -0.2) is 59.6 Å². The van der Waals surface area contributed by atoms with Crippen LogP contribution in [0.3, 0.4) is 0 Å². The van der Waals surface area contributed by atoms with Gasteiger partial charge in [0.1, 0.15) is 5.60 Å². The predicted molar refractivity (Wildman–Crippen MR) is 80.4 cm³/mol. The van der Waals surface area contributed by atoms with E-state index >= 15 is 0 Å². The van der Waals surface area contributed by atoms with E-state index < -0.39 is 5.60 Å². The molecule has 0 aliphatic carbocycles. The number of amides is 2. The highest BCUT2D eigenvalue weighted by atomic mass is 16.6. The minimum Gasteiger partial charge on any atom is -0.459 e. The first-order chi connectivity index (χ1) is 10.3. The van der Waals surface area contributed by atoms with Gasteiger partial charge in [-0.05, 0) is 32.9 Å². The lowest BCUT2D eigenvalue weighted by Gasteiger charge is -2.40. The lowest BCUT2D eigenvalue weighted by Crippen LogP contribution is -2.59. The van der Waals surface area contributed by atoms with Crippen molar-refractivity contribution in [3.63, 3.8) is 0 Å². The van der Waals surface area contributed by atoms with Crippen LogP contribution >= 0.6 is 0 Å². The van der Waals surface area contributed by atoms with E-state index in [-0.39, 0.29) is 30.3 Å². The zero-order chi connectivity index (χ0) is 16.3. The second kappa shape index (κ2) is 6.39. The van der Waals surface area contributed by atoms with Crippen molar-refractivity contribution in [2.45, 2.75) is 32.4 Å². The van der Waals surface area contributed by atoms with Crippen LogP contribution < -0.4 is 5.73 Å². The third-order valence-electron chi connectivity index (χ3n) is 3.40. The summed E-state index contributed by atoms with van der Waals surface area (Å²) < 4.78 is 10.5. The number of rotatable bonds is 2. The Kier molecular flexibility index (Phi) is 4.75. The van der Waals surface area contributed by atoms with E-state index in [2.05, 4.69) is 0 Å². The number of ether oxygens (including phenoxy) is 1. The topological polar surface area (TPSA) is 89.0 Å². The van der Waals surface area contributed by atoms with Gasteiger partial charge in [-0.3, -0.25) is 4.79 Å². The van der Waals surface area contributed by atoms with Gasteiger partial charge < -0.3 is 24.7 Å². The van der Waals surface area contributed by atoms with Gasteiger partial charge in [-0.1, -0.05) is 0 Å². The summed E-state index contributed by atoms with van der Waals surface area (Å²) in [4.78, 5) is 27.7. The molecule has 0 aromatic carbocycles. The first-order valence-electron chi connectivity index (χ1n) is 7.34. The number of carbonyl (C=O) groups is 2. The van der Waals surface area contributed by atoms with Gasteiger partial charge in [0, 0.05) is 26.2 Å². The van der Waals surface area contributed by atoms with E-state index in [1.165, 1.54) is 6.26 Å². The average Bonchev–Trinajstić information content (AvgIpc) is 2.98. The molecule has 2 heterocycles. The maximum atomic E-state index is 12.4. The summed E-state index contributed by atoms with van der Waals surface area (Å²) in [5.74, 6) is 0.0773. The molecule has 22 heavy (non-hydrogen) atoms. The first kappa shape index (κ1) is 16.4. The number of hydrogen-bond acceptors (Lipinski definition) is 5. The average molecular weight is 309 g/mol. The molecule has 7 nitrogen and oxygen atoms in total. The summed E-state index contributed by atoms with van der Waals surface area (Å²) in [6, 6.07) is 3.04. The maximum absolute atomic E-state index is 12.4. The predicted octanol–water partition coefficient (Wildman–Crippen LogP) is 1.30. The van der Waals surface area contributed by atoms with E-state index in [9.17, 15) is 9.59 Å². The van der Waals surface area contributed by atoms with Crippen molar-refractivity contribution in [3.05, 3.63) is 24.2 Å². The number of furan rings is 1. The largest absolute Gasteiger partial charge is 0.459 e. The summed E-state index contributed by atoms with van der Waals surface area (Å²) in [6.45, 7) is 6.91. The fourth-order valence-corrected chi connectivity index (χ4v) is 2.36. The Hall–Kier alpha value is -2.02. The Labute approximate surface area is 130 Å². The summed E-state index contributed by atoms with van der Waals surface area (Å²) >= 11 is 0. The van der Waals surface area contributed by atoms with Crippen molar-refractivity contribution in [2.24, 2.45) is 5.73 Å². The second-order valence-corrected chi connectivity index (χ2v) is 6.29. The smallest absolute Gasteiger partial charge is 0.410 e. The highest BCUT2D eigenvalue weighted by Gasteiger charge is 2.34. The monoisotopic (exact) mass is 309 g/mol. The van der Waals surface area contributed by atoms with Crippen LogP contribution in [0.5, 0.6) is 0 Å². The number of piperazine rings is 1. The van der Waals surface area contributed by atoms with Gasteiger partial charge in [0.2, 0.25) is 0 Å². The van der Waals surface area contributed by atoms with E-state index in [4.69, 9.17) is 14.9 Å². The van der Waals surface area contributed by atoms with Crippen molar-refractivity contribution < 1.29 is 18.7 Å². The van der Waals surface area contributed by atoms with E-state index in [0.717, 1.165) is 0 Å². The molecule has 1 unspecified atom stereocenters. The minimum absolute atomic E-state index is 0.204. The Morgan fingerprint density at radius 1 is 1.41 bits per heavy atom. The molecular weight excluding hydrogens is 286 g/mol. The molecule has 0 bridgehead atoms. The van der Waals surface area contributed by atoms with E-state index in [1.807, 2.05) is 20.8 Å². The fourth-order valence-electron chi connectivity index (χ4n) is 2.36. The first-order valence-corrected chi connectivity index (χ1v) is 7.34. The van der Waals surface area contributed by atoms with Crippen LogP contribution in [0.1, 0.15) is 31.3 Å². The number of nitrogens with zero attached hydrogens (tertiary/aromatic N) is 2. The molecule has 2 N–H and O–H groups in total. The number of hydrogen-bond donors (Lipinski definition) is 1. The third-order valence-corrected chi connectivity index (χ3v) is 3.40. The standard InChI is InChI=1S/C15H23N3O4/c1-15(2,3)22-14(20)17-6-7-18(11(9-16)10-17)13(19)12-5-4-8-21-12/h4-5,8,11H,6-7,9-10,16H2,1-3H3. The van der Waals surface area contributed by atoms with Crippen molar-refractivity contribution in [3.8, 4) is 0 Å². The van der Waals surface area contributed by atoms with Gasteiger partial charge >= 0.3 is 6.09 Å². The molecule has 1 aromatic heterocycles. The van der Waals surface area contributed by atoms with Gasteiger partial charge in [-0.15, -0.1) is 0 Å². The zero-order valence-electron chi connectivity index (χ0n) is 13.2. The molecule has 0 radical (unpaired) electrons. The van der Waals surface area contributed by atoms with E-state index in [0.29, 0.717) is 19.6 Å². The normalized spacial score (nSPS) is 19.2. The quantitative estimate of drug-likeness (QED) is 0.889. The molecule has 1 aliphatic heterocycles. The fraction of sp³-hybridized carbons (Fsp3) is 0.600. The van der Waals surface area contributed by atoms with Crippen molar-refractivity contribution >= 4 is 12.0 Å². The highest BCUT2D eigenvalue weighted by Crippen LogP contribution is 2.17. The highest BCUT2D eigenvalue weighted by molar-refractivity contribution is 5.91. The molecule has 1 fully saturated rings. The molecule has 2 amide bonds. The van der Waals surface area contributed by atoms with Crippen LogP contribution in [0.15, 0.2) is 22.8 Å². The van der Waals surface area contributed by atoms with Crippen LogP contribution in [0.25, 0.3) is 0 Å². The lowest BCUT2D eigenvalue weighted by molar-refractivity contribution is 0.00469. The van der Waals surface area contributed by atoms with Crippen molar-refractivity contribution in [1.29, 1.82) is 0 Å². The van der Waals surface area contributed by atoms with E-state index in [1.54, 1.807) is 21.9 Å². The Morgan fingerprint density at radius 3 is 2.68 bits per heavy atom. The number of nitrogens with two attached hydrogens (primary N) is 1. The molecule has 0 spiro atoms. The van der Waals surface area contributed by atoms with Crippen molar-refractivity contribution in [1.82, 2.24) is 9.80 Å². The number of carbonyl (C=O) groups excluding carboxylic acids is 2. The van der Waals surface area contributed by atoms with Crippen LogP contribution in [0.4, 0.5) is 4.79 Å².